The first-order valence-corrected chi connectivity index (χ1v) is 12.3. The van der Waals surface area contributed by atoms with E-state index in [1.807, 2.05) is 0 Å². The molecule has 0 aliphatic carbocycles. The van der Waals surface area contributed by atoms with Crippen LogP contribution in [0.15, 0.2) is 59.3 Å². The van der Waals surface area contributed by atoms with E-state index >= 15 is 0 Å². The highest BCUT2D eigenvalue weighted by atomic mass is 35.5. The number of para-hydroxylation sites is 1. The third kappa shape index (κ3) is 4.93. The Morgan fingerprint density at radius 1 is 1.18 bits per heavy atom. The Morgan fingerprint density at radius 3 is 2.61 bits per heavy atom. The summed E-state index contributed by atoms with van der Waals surface area (Å²) in [6, 6.07) is 10.6. The van der Waals surface area contributed by atoms with Crippen molar-refractivity contribution in [3.05, 3.63) is 81.2 Å². The van der Waals surface area contributed by atoms with Crippen molar-refractivity contribution in [1.29, 1.82) is 0 Å². The molecule has 0 unspecified atom stereocenters. The number of thiophene rings is 1. The number of benzene rings is 1. The fourth-order valence-electron chi connectivity index (χ4n) is 3.63. The normalized spacial score (nSPS) is 11.3. The smallest absolute Gasteiger partial charge is 0.280 e. The summed E-state index contributed by atoms with van der Waals surface area (Å²) in [6.45, 7) is -0.104. The van der Waals surface area contributed by atoms with Gasteiger partial charge in [0, 0.05) is 17.1 Å². The molecule has 4 heterocycles. The van der Waals surface area contributed by atoms with Gasteiger partial charge in [-0.2, -0.15) is 5.10 Å². The van der Waals surface area contributed by atoms with Crippen LogP contribution in [0.1, 0.15) is 32.3 Å². The van der Waals surface area contributed by atoms with E-state index in [1.165, 1.54) is 23.2 Å². The Balaban J connectivity index is 1.48. The lowest BCUT2D eigenvalue weighted by atomic mass is 10.1. The van der Waals surface area contributed by atoms with Crippen molar-refractivity contribution >= 4 is 62.3 Å². The van der Waals surface area contributed by atoms with Crippen molar-refractivity contribution in [3.8, 4) is 17.1 Å². The van der Waals surface area contributed by atoms with Crippen molar-refractivity contribution in [1.82, 2.24) is 14.8 Å². The van der Waals surface area contributed by atoms with Gasteiger partial charge in [0.15, 0.2) is 18.2 Å². The Labute approximate surface area is 226 Å². The molecule has 4 aromatic heterocycles. The van der Waals surface area contributed by atoms with Gasteiger partial charge in [-0.15, -0.1) is 11.3 Å². The molecule has 0 atom stereocenters. The van der Waals surface area contributed by atoms with E-state index in [0.29, 0.717) is 10.0 Å². The number of pyridine rings is 1. The van der Waals surface area contributed by atoms with Gasteiger partial charge in [-0.1, -0.05) is 29.3 Å². The minimum absolute atomic E-state index is 0.0101. The van der Waals surface area contributed by atoms with Crippen LogP contribution < -0.4 is 15.8 Å². The minimum atomic E-state index is -2.88. The highest BCUT2D eigenvalue weighted by Gasteiger charge is 2.26. The maximum Gasteiger partial charge on any atom is 0.280 e. The number of hydrogen-bond acceptors (Lipinski definition) is 7. The van der Waals surface area contributed by atoms with Crippen LogP contribution in [-0.2, 0) is 6.73 Å². The molecule has 5 aromatic rings. The average molecular weight is 578 g/mol. The number of primary amides is 1. The number of carbonyl (C=O) groups is 2. The van der Waals surface area contributed by atoms with Gasteiger partial charge in [-0.05, 0) is 36.4 Å². The molecule has 1 aromatic carbocycles. The Kier molecular flexibility index (Phi) is 7.02. The highest BCUT2D eigenvalue weighted by Crippen LogP contribution is 2.42. The molecule has 0 aliphatic heterocycles. The molecule has 2 amide bonds. The molecule has 0 saturated heterocycles. The number of carbonyl (C=O) groups excluding carboxylic acids is 2. The third-order valence-corrected chi connectivity index (χ3v) is 6.98. The fraction of sp³-hybridized carbons (Fsp3) is 0.0833. The SMILES string of the molecule is NC(=O)c1sc2nc(C(F)F)cc(-c3ccco3)c2c1NC(=O)c1ccn(COc2c(Cl)cccc2Cl)n1. The first kappa shape index (κ1) is 25.6. The standard InChI is InChI=1S/C24H15Cl2F2N5O4S/c25-12-3-1-4-13(26)19(12)37-10-33-7-6-14(32-33)23(35)31-18-17-11(16-5-2-8-36-16)9-15(21(27)28)30-24(17)38-20(18)22(29)34/h1-9,21H,10H2,(H2,29,34)(H,31,35). The third-order valence-electron chi connectivity index (χ3n) is 5.29. The predicted octanol–water partition coefficient (Wildman–Crippen LogP) is 6.38. The van der Waals surface area contributed by atoms with Gasteiger partial charge in [-0.25, -0.2) is 18.4 Å². The predicted molar refractivity (Wildman–Crippen MR) is 138 cm³/mol. The van der Waals surface area contributed by atoms with Crippen molar-refractivity contribution in [2.75, 3.05) is 5.32 Å². The van der Waals surface area contributed by atoms with Crippen LogP contribution in [0, 0.1) is 0 Å². The molecule has 194 valence electrons. The molecule has 0 radical (unpaired) electrons. The summed E-state index contributed by atoms with van der Waals surface area (Å²) >= 11 is 13.0. The first-order chi connectivity index (χ1) is 18.2. The Morgan fingerprint density at radius 2 is 1.95 bits per heavy atom. The van der Waals surface area contributed by atoms with Crippen LogP contribution >= 0.6 is 34.5 Å². The van der Waals surface area contributed by atoms with E-state index in [0.717, 1.165) is 17.4 Å². The Hall–Kier alpha value is -4.00. The lowest BCUT2D eigenvalue weighted by Crippen LogP contribution is -2.18. The lowest BCUT2D eigenvalue weighted by Gasteiger charge is -2.10. The van der Waals surface area contributed by atoms with Crippen LogP contribution in [0.5, 0.6) is 5.75 Å². The molecule has 0 spiro atoms. The van der Waals surface area contributed by atoms with Crippen molar-refractivity contribution in [2.24, 2.45) is 5.73 Å². The summed E-state index contributed by atoms with van der Waals surface area (Å²) in [4.78, 5) is 29.3. The number of anilines is 1. The van der Waals surface area contributed by atoms with Gasteiger partial charge in [0.2, 0.25) is 0 Å². The molecule has 0 bridgehead atoms. The second kappa shape index (κ2) is 10.4. The zero-order valence-corrected chi connectivity index (χ0v) is 21.3. The van der Waals surface area contributed by atoms with Crippen LogP contribution in [-0.4, -0.2) is 26.6 Å². The summed E-state index contributed by atoms with van der Waals surface area (Å²) < 4.78 is 39.5. The maximum atomic E-state index is 13.5. The zero-order chi connectivity index (χ0) is 27.0. The molecule has 38 heavy (non-hydrogen) atoms. The van der Waals surface area contributed by atoms with Gasteiger partial charge in [0.1, 0.15) is 21.2 Å². The molecule has 0 fully saturated rings. The Bertz CT molecular complexity index is 1650. The van der Waals surface area contributed by atoms with E-state index in [9.17, 15) is 18.4 Å². The molecule has 9 nitrogen and oxygen atoms in total. The van der Waals surface area contributed by atoms with E-state index in [2.05, 4.69) is 15.4 Å². The highest BCUT2D eigenvalue weighted by molar-refractivity contribution is 7.21. The number of ether oxygens (including phenoxy) is 1. The van der Waals surface area contributed by atoms with Crippen molar-refractivity contribution < 1.29 is 27.5 Å². The number of alkyl halides is 2. The molecule has 0 aliphatic rings. The number of nitrogens with zero attached hydrogens (tertiary/aromatic N) is 3. The van der Waals surface area contributed by atoms with Gasteiger partial charge < -0.3 is 20.2 Å². The molecule has 5 rings (SSSR count). The van der Waals surface area contributed by atoms with Crippen LogP contribution in [0.3, 0.4) is 0 Å². The number of rotatable bonds is 8. The maximum absolute atomic E-state index is 13.5. The number of amides is 2. The second-order valence-corrected chi connectivity index (χ2v) is 9.56. The minimum Gasteiger partial charge on any atom is -0.468 e. The molecule has 0 saturated carbocycles. The monoisotopic (exact) mass is 577 g/mol. The number of halogens is 4. The fourth-order valence-corrected chi connectivity index (χ4v) is 5.15. The van der Waals surface area contributed by atoms with Gasteiger partial charge >= 0.3 is 0 Å². The van der Waals surface area contributed by atoms with Crippen LogP contribution in [0.25, 0.3) is 21.5 Å². The number of aromatic nitrogens is 3. The van der Waals surface area contributed by atoms with Gasteiger partial charge in [0.05, 0.1) is 22.0 Å². The summed E-state index contributed by atoms with van der Waals surface area (Å²) in [7, 11) is 0. The molecular weight excluding hydrogens is 563 g/mol. The van der Waals surface area contributed by atoms with E-state index < -0.39 is 23.9 Å². The second-order valence-electron chi connectivity index (χ2n) is 7.74. The summed E-state index contributed by atoms with van der Waals surface area (Å²) in [5.74, 6) is -1.06. The van der Waals surface area contributed by atoms with Crippen LogP contribution in [0.2, 0.25) is 10.0 Å². The molecule has 3 N–H and O–H groups in total. The number of furan rings is 1. The number of hydrogen-bond donors (Lipinski definition) is 2. The number of nitrogens with one attached hydrogen (secondary N) is 1. The van der Waals surface area contributed by atoms with Crippen molar-refractivity contribution in [3.63, 3.8) is 0 Å². The molecular formula is C24H15Cl2F2N5O4S. The summed E-state index contributed by atoms with van der Waals surface area (Å²) in [5.41, 5.74) is 5.23. The molecule has 14 heteroatoms. The van der Waals surface area contributed by atoms with E-state index in [4.69, 9.17) is 38.1 Å². The summed E-state index contributed by atoms with van der Waals surface area (Å²) in [5, 5.41) is 7.65. The summed E-state index contributed by atoms with van der Waals surface area (Å²) in [6.07, 6.45) is -0.0176. The van der Waals surface area contributed by atoms with Gasteiger partial charge in [0.25, 0.3) is 18.2 Å². The largest absolute Gasteiger partial charge is 0.468 e. The number of fused-ring (bicyclic) bond motifs is 1. The quantitative estimate of drug-likeness (QED) is 0.220. The van der Waals surface area contributed by atoms with Gasteiger partial charge in [-0.3, -0.25) is 9.59 Å². The number of nitrogens with two attached hydrogens (primary N) is 1. The topological polar surface area (TPSA) is 125 Å². The lowest BCUT2D eigenvalue weighted by molar-refractivity contribution is 0.100. The van der Waals surface area contributed by atoms with E-state index in [1.54, 1.807) is 30.3 Å². The van der Waals surface area contributed by atoms with Crippen LogP contribution in [0.4, 0.5) is 14.5 Å². The van der Waals surface area contributed by atoms with Crippen molar-refractivity contribution in [2.45, 2.75) is 13.2 Å². The average Bonchev–Trinajstić information content (AvgIpc) is 3.63. The zero-order valence-electron chi connectivity index (χ0n) is 19.0. The van der Waals surface area contributed by atoms with E-state index in [-0.39, 0.29) is 50.3 Å². The first-order valence-electron chi connectivity index (χ1n) is 10.7.